The van der Waals surface area contributed by atoms with Crippen molar-refractivity contribution in [3.05, 3.63) is 23.3 Å². The lowest BCUT2D eigenvalue weighted by molar-refractivity contribution is -0.116. The van der Waals surface area contributed by atoms with Crippen LogP contribution in [0.25, 0.3) is 0 Å². The van der Waals surface area contributed by atoms with Crippen molar-refractivity contribution in [3.63, 3.8) is 0 Å². The summed E-state index contributed by atoms with van der Waals surface area (Å²) < 4.78 is 0. The Kier molecular flexibility index (Phi) is 7.12. The van der Waals surface area contributed by atoms with E-state index in [-0.39, 0.29) is 0 Å². The molecule has 0 aromatic carbocycles. The molecular formula is C18H30O. The number of hydrogen-bond donors (Lipinski definition) is 0. The maximum Gasteiger partial charge on any atom is 0.158 e. The van der Waals surface area contributed by atoms with E-state index >= 15 is 0 Å². The molecule has 0 aromatic heterocycles. The number of ketones is 1. The summed E-state index contributed by atoms with van der Waals surface area (Å²) in [7, 11) is 0. The minimum Gasteiger partial charge on any atom is -0.295 e. The Morgan fingerprint density at radius 2 is 2.26 bits per heavy atom. The van der Waals surface area contributed by atoms with E-state index in [9.17, 15) is 4.79 Å². The molecule has 108 valence electrons. The SMILES string of the molecule is CC=C(CC(C)C1CC=C(C)CC1)C(=O)CCCC. The summed E-state index contributed by atoms with van der Waals surface area (Å²) in [6.07, 6.45) is 12.0. The molecule has 0 aliphatic heterocycles. The monoisotopic (exact) mass is 262 g/mol. The van der Waals surface area contributed by atoms with Gasteiger partial charge in [0.25, 0.3) is 0 Å². The maximum atomic E-state index is 12.1. The number of carbonyl (C=O) groups is 1. The first kappa shape index (κ1) is 16.2. The second-order valence-electron chi connectivity index (χ2n) is 6.11. The molecule has 0 aromatic rings. The van der Waals surface area contributed by atoms with Gasteiger partial charge in [-0.1, -0.05) is 38.0 Å². The van der Waals surface area contributed by atoms with Crippen LogP contribution in [-0.4, -0.2) is 5.78 Å². The van der Waals surface area contributed by atoms with E-state index in [1.807, 2.05) is 13.0 Å². The van der Waals surface area contributed by atoms with Gasteiger partial charge in [-0.05, 0) is 63.4 Å². The lowest BCUT2D eigenvalue weighted by atomic mass is 9.78. The topological polar surface area (TPSA) is 17.1 Å². The Labute approximate surface area is 119 Å². The fraction of sp³-hybridized carbons (Fsp3) is 0.722. The second kappa shape index (κ2) is 8.35. The van der Waals surface area contributed by atoms with E-state index in [0.717, 1.165) is 37.2 Å². The van der Waals surface area contributed by atoms with Crippen LogP contribution in [-0.2, 0) is 4.79 Å². The first-order valence-electron chi connectivity index (χ1n) is 7.92. The predicted octanol–water partition coefficient (Wildman–Crippen LogP) is 5.46. The molecule has 2 unspecified atom stereocenters. The highest BCUT2D eigenvalue weighted by Gasteiger charge is 2.21. The molecule has 1 rings (SSSR count). The van der Waals surface area contributed by atoms with Crippen LogP contribution in [0.5, 0.6) is 0 Å². The van der Waals surface area contributed by atoms with Crippen LogP contribution in [0.15, 0.2) is 23.3 Å². The van der Waals surface area contributed by atoms with Crippen LogP contribution in [0.3, 0.4) is 0 Å². The number of carbonyl (C=O) groups excluding carboxylic acids is 1. The molecule has 0 spiro atoms. The number of unbranched alkanes of at least 4 members (excludes halogenated alkanes) is 1. The van der Waals surface area contributed by atoms with E-state index < -0.39 is 0 Å². The average Bonchev–Trinajstić information content (AvgIpc) is 2.42. The third-order valence-electron chi connectivity index (χ3n) is 4.49. The molecule has 1 aliphatic carbocycles. The largest absolute Gasteiger partial charge is 0.295 e. The van der Waals surface area contributed by atoms with Crippen molar-refractivity contribution >= 4 is 5.78 Å². The molecule has 19 heavy (non-hydrogen) atoms. The molecule has 0 amide bonds. The lowest BCUT2D eigenvalue weighted by Crippen LogP contribution is -2.17. The van der Waals surface area contributed by atoms with Gasteiger partial charge < -0.3 is 0 Å². The highest BCUT2D eigenvalue weighted by atomic mass is 16.1. The molecule has 0 fully saturated rings. The average molecular weight is 262 g/mol. The van der Waals surface area contributed by atoms with Gasteiger partial charge in [-0.25, -0.2) is 0 Å². The van der Waals surface area contributed by atoms with Crippen molar-refractivity contribution in [2.24, 2.45) is 11.8 Å². The van der Waals surface area contributed by atoms with E-state index in [1.165, 1.54) is 24.8 Å². The summed E-state index contributed by atoms with van der Waals surface area (Å²) in [6.45, 7) is 8.70. The minimum atomic E-state index is 0.374. The van der Waals surface area contributed by atoms with Gasteiger partial charge in [0.05, 0.1) is 0 Å². The predicted molar refractivity (Wildman–Crippen MR) is 83.2 cm³/mol. The third kappa shape index (κ3) is 5.34. The van der Waals surface area contributed by atoms with Crippen molar-refractivity contribution < 1.29 is 4.79 Å². The van der Waals surface area contributed by atoms with Gasteiger partial charge in [0, 0.05) is 6.42 Å². The van der Waals surface area contributed by atoms with E-state index in [4.69, 9.17) is 0 Å². The van der Waals surface area contributed by atoms with Crippen molar-refractivity contribution in [1.29, 1.82) is 0 Å². The molecule has 1 aliphatic rings. The van der Waals surface area contributed by atoms with Crippen LogP contribution >= 0.6 is 0 Å². The van der Waals surface area contributed by atoms with Crippen molar-refractivity contribution in [2.75, 3.05) is 0 Å². The second-order valence-corrected chi connectivity index (χ2v) is 6.11. The first-order valence-corrected chi connectivity index (χ1v) is 7.92. The molecule has 0 saturated carbocycles. The minimum absolute atomic E-state index is 0.374. The molecule has 0 saturated heterocycles. The number of hydrogen-bond acceptors (Lipinski definition) is 1. The summed E-state index contributed by atoms with van der Waals surface area (Å²) >= 11 is 0. The van der Waals surface area contributed by atoms with Gasteiger partial charge in [-0.15, -0.1) is 0 Å². The highest BCUT2D eigenvalue weighted by Crippen LogP contribution is 2.32. The highest BCUT2D eigenvalue weighted by molar-refractivity contribution is 5.95. The summed E-state index contributed by atoms with van der Waals surface area (Å²) in [5.41, 5.74) is 2.60. The van der Waals surface area contributed by atoms with Crippen LogP contribution in [0.4, 0.5) is 0 Å². The van der Waals surface area contributed by atoms with Gasteiger partial charge in [-0.2, -0.15) is 0 Å². The molecule has 0 radical (unpaired) electrons. The fourth-order valence-electron chi connectivity index (χ4n) is 2.91. The third-order valence-corrected chi connectivity index (χ3v) is 4.49. The van der Waals surface area contributed by atoms with Crippen LogP contribution < -0.4 is 0 Å². The van der Waals surface area contributed by atoms with E-state index in [2.05, 4.69) is 26.8 Å². The van der Waals surface area contributed by atoms with Gasteiger partial charge in [0.1, 0.15) is 0 Å². The normalized spacial score (nSPS) is 22.0. The zero-order chi connectivity index (χ0) is 14.3. The van der Waals surface area contributed by atoms with Crippen LogP contribution in [0.1, 0.15) is 72.6 Å². The summed E-state index contributed by atoms with van der Waals surface area (Å²) in [5.74, 6) is 1.76. The van der Waals surface area contributed by atoms with Crippen molar-refractivity contribution in [1.82, 2.24) is 0 Å². The lowest BCUT2D eigenvalue weighted by Gasteiger charge is -2.27. The molecule has 0 bridgehead atoms. The number of Topliss-reactive ketones (excluding diaryl/α,β-unsaturated/α-hetero) is 1. The molecule has 2 atom stereocenters. The van der Waals surface area contributed by atoms with Gasteiger partial charge >= 0.3 is 0 Å². The molecule has 0 N–H and O–H groups in total. The Morgan fingerprint density at radius 1 is 1.53 bits per heavy atom. The van der Waals surface area contributed by atoms with Gasteiger partial charge in [0.2, 0.25) is 0 Å². The number of rotatable bonds is 7. The quantitative estimate of drug-likeness (QED) is 0.439. The van der Waals surface area contributed by atoms with Gasteiger partial charge in [-0.3, -0.25) is 4.79 Å². The van der Waals surface area contributed by atoms with Gasteiger partial charge in [0.15, 0.2) is 5.78 Å². The standard InChI is InChI=1S/C18H30O/c1-5-7-8-18(19)16(6-2)13-15(4)17-11-9-14(3)10-12-17/h6,9,15,17H,5,7-8,10-13H2,1-4H3. The molecule has 0 heterocycles. The van der Waals surface area contributed by atoms with E-state index in [1.54, 1.807) is 0 Å². The number of allylic oxidation sites excluding steroid dienone is 4. The first-order chi connectivity index (χ1) is 9.08. The fourth-order valence-corrected chi connectivity index (χ4v) is 2.91. The maximum absolute atomic E-state index is 12.1. The van der Waals surface area contributed by atoms with Crippen molar-refractivity contribution in [2.45, 2.75) is 72.6 Å². The van der Waals surface area contributed by atoms with Crippen LogP contribution in [0.2, 0.25) is 0 Å². The molecule has 1 heteroatoms. The molecular weight excluding hydrogens is 232 g/mol. The zero-order valence-corrected chi connectivity index (χ0v) is 13.2. The Bertz CT molecular complexity index is 349. The zero-order valence-electron chi connectivity index (χ0n) is 13.2. The van der Waals surface area contributed by atoms with Crippen molar-refractivity contribution in [3.8, 4) is 0 Å². The van der Waals surface area contributed by atoms with E-state index in [0.29, 0.717) is 11.7 Å². The summed E-state index contributed by atoms with van der Waals surface area (Å²) in [4.78, 5) is 12.1. The molecule has 1 nitrogen and oxygen atoms in total. The van der Waals surface area contributed by atoms with Crippen LogP contribution in [0, 0.1) is 11.8 Å². The summed E-state index contributed by atoms with van der Waals surface area (Å²) in [5, 5.41) is 0. The Morgan fingerprint density at radius 3 is 2.79 bits per heavy atom. The Balaban J connectivity index is 2.49. The smallest absolute Gasteiger partial charge is 0.158 e. The summed E-state index contributed by atoms with van der Waals surface area (Å²) in [6, 6.07) is 0. The Hall–Kier alpha value is -0.850.